The van der Waals surface area contributed by atoms with Gasteiger partial charge in [-0.3, -0.25) is 15.0 Å². The third-order valence-electron chi connectivity index (χ3n) is 5.51. The minimum atomic E-state index is -0.875. The van der Waals surface area contributed by atoms with E-state index in [9.17, 15) is 10.2 Å². The van der Waals surface area contributed by atoms with Crippen LogP contribution in [0.4, 0.5) is 0 Å². The molecule has 0 bridgehead atoms. The molecule has 0 aliphatic heterocycles. The molecular formula is C26H34ClN3O2S4. The molecule has 3 heterocycles. The maximum Gasteiger partial charge on any atom is 0.124 e. The highest BCUT2D eigenvalue weighted by Gasteiger charge is 2.22. The van der Waals surface area contributed by atoms with Crippen LogP contribution in [0.2, 0.25) is 0 Å². The van der Waals surface area contributed by atoms with Gasteiger partial charge >= 0.3 is 0 Å². The molecule has 2 N–H and O–H groups in total. The normalized spacial score (nSPS) is 11.8. The molecule has 0 aliphatic rings. The molecule has 196 valence electrons. The number of hydrogen-bond acceptors (Lipinski definition) is 9. The number of pyridine rings is 3. The molecule has 1 unspecified atom stereocenters. The number of thioether (sulfide) groups is 3. The van der Waals surface area contributed by atoms with Crippen molar-refractivity contribution < 1.29 is 10.2 Å². The molecule has 36 heavy (non-hydrogen) atoms. The summed E-state index contributed by atoms with van der Waals surface area (Å²) < 4.78 is 0. The van der Waals surface area contributed by atoms with Crippen LogP contribution in [0.15, 0.2) is 52.6 Å². The summed E-state index contributed by atoms with van der Waals surface area (Å²) in [6, 6.07) is 8.01. The lowest BCUT2D eigenvalue weighted by atomic mass is 10.0. The molecule has 5 nitrogen and oxygen atoms in total. The molecule has 1 atom stereocenters. The molecule has 0 aliphatic carbocycles. The van der Waals surface area contributed by atoms with Crippen molar-refractivity contribution in [3.05, 3.63) is 76.6 Å². The summed E-state index contributed by atoms with van der Waals surface area (Å²) in [5, 5.41) is 21.2. The topological polar surface area (TPSA) is 79.1 Å². The van der Waals surface area contributed by atoms with Crippen LogP contribution in [0, 0.1) is 13.8 Å². The van der Waals surface area contributed by atoms with E-state index in [0.29, 0.717) is 11.4 Å². The van der Waals surface area contributed by atoms with E-state index >= 15 is 0 Å². The van der Waals surface area contributed by atoms with E-state index in [0.717, 1.165) is 73.8 Å². The summed E-state index contributed by atoms with van der Waals surface area (Å²) in [4.78, 5) is 15.5. The van der Waals surface area contributed by atoms with Gasteiger partial charge in [-0.25, -0.2) is 0 Å². The highest BCUT2D eigenvalue weighted by Crippen LogP contribution is 2.37. The first kappa shape index (κ1) is 31.3. The van der Waals surface area contributed by atoms with Gasteiger partial charge in [0.1, 0.15) is 6.10 Å². The Balaban J connectivity index is 0.00000456. The number of aliphatic hydroxyl groups excluding tert-OH is 2. The van der Waals surface area contributed by atoms with Gasteiger partial charge in [0.2, 0.25) is 0 Å². The average molecular weight is 584 g/mol. The Hall–Kier alpha value is -0.940. The molecule has 0 saturated heterocycles. The first-order valence-electron chi connectivity index (χ1n) is 11.6. The molecule has 3 rings (SSSR count). The number of thiol groups is 1. The molecule has 3 aromatic rings. The van der Waals surface area contributed by atoms with Crippen LogP contribution in [-0.2, 0) is 12.4 Å². The summed E-state index contributed by atoms with van der Waals surface area (Å²) in [6.45, 7) is 3.86. The predicted octanol–water partition coefficient (Wildman–Crippen LogP) is 6.31. The summed E-state index contributed by atoms with van der Waals surface area (Å²) in [5.74, 6) is 4.69. The van der Waals surface area contributed by atoms with Crippen molar-refractivity contribution in [2.45, 2.75) is 54.9 Å². The Labute approximate surface area is 238 Å². The van der Waals surface area contributed by atoms with Crippen LogP contribution in [0.25, 0.3) is 0 Å². The van der Waals surface area contributed by atoms with Crippen LogP contribution < -0.4 is 0 Å². The molecule has 0 radical (unpaired) electrons. The standard InChI is InChI=1S/C26H33N3O2S4.ClH/c1-18-22(16-30)29-15-21(25(31)24-19(2)23(8-10-28-24)34-13-5-11-32)26(18)35-14-6-12-33-17-20-7-3-4-9-27-20;/h3-4,7-10,15,25,30-32H,5-6,11-14,16-17H2,1-2H3;1H. The van der Waals surface area contributed by atoms with Gasteiger partial charge in [0.15, 0.2) is 0 Å². The van der Waals surface area contributed by atoms with Crippen LogP contribution in [0.5, 0.6) is 0 Å². The van der Waals surface area contributed by atoms with E-state index in [1.807, 2.05) is 50.0 Å². The Morgan fingerprint density at radius 2 is 1.75 bits per heavy atom. The second kappa shape index (κ2) is 16.8. The van der Waals surface area contributed by atoms with Crippen LogP contribution in [0.3, 0.4) is 0 Å². The highest BCUT2D eigenvalue weighted by atomic mass is 35.5. The number of aromatic nitrogens is 3. The van der Waals surface area contributed by atoms with E-state index in [4.69, 9.17) is 0 Å². The third kappa shape index (κ3) is 8.82. The molecule has 0 amide bonds. The van der Waals surface area contributed by atoms with Gasteiger partial charge in [0.05, 0.1) is 23.7 Å². The van der Waals surface area contributed by atoms with E-state index < -0.39 is 6.10 Å². The second-order valence-electron chi connectivity index (χ2n) is 8.00. The fourth-order valence-electron chi connectivity index (χ4n) is 3.55. The zero-order valence-electron chi connectivity index (χ0n) is 20.6. The number of nitrogens with zero attached hydrogens (tertiary/aromatic N) is 3. The SMILES string of the molecule is Cc1c(SCCCS)ccnc1C(O)c1cnc(CO)c(C)c1SCCCSCc1ccccn1.Cl. The van der Waals surface area contributed by atoms with Crippen molar-refractivity contribution in [1.82, 2.24) is 15.0 Å². The average Bonchev–Trinajstić information content (AvgIpc) is 2.88. The van der Waals surface area contributed by atoms with Crippen molar-refractivity contribution in [2.75, 3.05) is 23.0 Å². The van der Waals surface area contributed by atoms with Gasteiger partial charge in [0, 0.05) is 39.7 Å². The molecular weight excluding hydrogens is 550 g/mol. The molecule has 3 aromatic heterocycles. The summed E-state index contributed by atoms with van der Waals surface area (Å²) in [7, 11) is 0. The molecule has 0 aromatic carbocycles. The maximum absolute atomic E-state index is 11.4. The Morgan fingerprint density at radius 3 is 2.47 bits per heavy atom. The minimum Gasteiger partial charge on any atom is -0.390 e. The Bertz CT molecular complexity index is 1080. The fourth-order valence-corrected chi connectivity index (χ4v) is 7.12. The summed E-state index contributed by atoms with van der Waals surface area (Å²) >= 11 is 9.66. The van der Waals surface area contributed by atoms with Crippen molar-refractivity contribution in [3.8, 4) is 0 Å². The zero-order chi connectivity index (χ0) is 25.0. The molecule has 0 saturated carbocycles. The minimum absolute atomic E-state index is 0. The summed E-state index contributed by atoms with van der Waals surface area (Å²) in [6.07, 6.45) is 6.48. The number of hydrogen-bond donors (Lipinski definition) is 3. The third-order valence-corrected chi connectivity index (χ3v) is 9.47. The van der Waals surface area contributed by atoms with Gasteiger partial charge in [-0.2, -0.15) is 24.4 Å². The van der Waals surface area contributed by atoms with Gasteiger partial charge in [-0.1, -0.05) is 6.07 Å². The molecule has 0 spiro atoms. The van der Waals surface area contributed by atoms with E-state index in [2.05, 4.69) is 33.6 Å². The van der Waals surface area contributed by atoms with E-state index in [-0.39, 0.29) is 19.0 Å². The van der Waals surface area contributed by atoms with Gasteiger partial charge in [-0.05, 0) is 79.0 Å². The van der Waals surface area contributed by atoms with Crippen molar-refractivity contribution in [1.29, 1.82) is 0 Å². The van der Waals surface area contributed by atoms with E-state index in [1.165, 1.54) is 0 Å². The molecule has 10 heteroatoms. The van der Waals surface area contributed by atoms with Crippen molar-refractivity contribution in [2.24, 2.45) is 0 Å². The van der Waals surface area contributed by atoms with Crippen molar-refractivity contribution >= 4 is 60.3 Å². The first-order valence-corrected chi connectivity index (χ1v) is 15.4. The van der Waals surface area contributed by atoms with Crippen LogP contribution in [0.1, 0.15) is 52.7 Å². The van der Waals surface area contributed by atoms with Gasteiger partial charge in [-0.15, -0.1) is 35.9 Å². The lowest BCUT2D eigenvalue weighted by Crippen LogP contribution is -2.10. The lowest BCUT2D eigenvalue weighted by molar-refractivity contribution is 0.210. The zero-order valence-corrected chi connectivity index (χ0v) is 24.8. The van der Waals surface area contributed by atoms with Gasteiger partial charge in [0.25, 0.3) is 0 Å². The number of aliphatic hydroxyl groups is 2. The quantitative estimate of drug-likeness (QED) is 0.116. The van der Waals surface area contributed by atoms with E-state index in [1.54, 1.807) is 35.9 Å². The predicted molar refractivity (Wildman–Crippen MR) is 160 cm³/mol. The summed E-state index contributed by atoms with van der Waals surface area (Å²) in [5.41, 5.74) is 5.07. The highest BCUT2D eigenvalue weighted by molar-refractivity contribution is 8.00. The van der Waals surface area contributed by atoms with Crippen LogP contribution in [-0.4, -0.2) is 48.2 Å². The first-order chi connectivity index (χ1) is 17.1. The largest absolute Gasteiger partial charge is 0.390 e. The fraction of sp³-hybridized carbons (Fsp3) is 0.423. The lowest BCUT2D eigenvalue weighted by Gasteiger charge is -2.20. The Morgan fingerprint density at radius 1 is 0.944 bits per heavy atom. The Kier molecular flexibility index (Phi) is 14.6. The van der Waals surface area contributed by atoms with Gasteiger partial charge < -0.3 is 10.2 Å². The monoisotopic (exact) mass is 583 g/mol. The smallest absolute Gasteiger partial charge is 0.124 e. The maximum atomic E-state index is 11.4. The number of halogens is 1. The van der Waals surface area contributed by atoms with Crippen molar-refractivity contribution in [3.63, 3.8) is 0 Å². The number of rotatable bonds is 14. The second-order valence-corrected chi connectivity index (χ2v) is 11.8. The molecule has 0 fully saturated rings. The van der Waals surface area contributed by atoms with Crippen LogP contribution >= 0.6 is 60.3 Å².